The van der Waals surface area contributed by atoms with Crippen LogP contribution in [0.15, 0.2) is 71.2 Å². The van der Waals surface area contributed by atoms with Crippen LogP contribution < -0.4 is 23.7 Å². The van der Waals surface area contributed by atoms with Gasteiger partial charge in [-0.25, -0.2) is 9.97 Å². The molecule has 0 aliphatic heterocycles. The number of nitrogens with zero attached hydrogens (tertiary/aromatic N) is 4. The Kier molecular flexibility index (Phi) is 9.97. The molecule has 0 saturated heterocycles. The predicted octanol–water partition coefficient (Wildman–Crippen LogP) is 8.38. The van der Waals surface area contributed by atoms with E-state index in [-0.39, 0.29) is 33.8 Å². The van der Waals surface area contributed by atoms with Crippen molar-refractivity contribution in [1.82, 2.24) is 29.9 Å². The van der Waals surface area contributed by atoms with Gasteiger partial charge in [-0.2, -0.15) is 17.6 Å². The predicted molar refractivity (Wildman–Crippen MR) is 178 cm³/mol. The van der Waals surface area contributed by atoms with Crippen molar-refractivity contribution < 1.29 is 48.1 Å². The van der Waals surface area contributed by atoms with Gasteiger partial charge in [-0.1, -0.05) is 35.1 Å². The molecule has 0 fully saturated rings. The number of H-pyrrole nitrogens is 2. The number of pyridine rings is 2. The minimum atomic E-state index is -2.98. The van der Waals surface area contributed by atoms with Gasteiger partial charge in [0.15, 0.2) is 27.6 Å². The van der Waals surface area contributed by atoms with Gasteiger partial charge >= 0.3 is 13.2 Å². The summed E-state index contributed by atoms with van der Waals surface area (Å²) in [5, 5.41) is 1.25. The van der Waals surface area contributed by atoms with Crippen molar-refractivity contribution in [2.75, 3.05) is 21.3 Å². The van der Waals surface area contributed by atoms with Gasteiger partial charge in [0, 0.05) is 44.8 Å². The van der Waals surface area contributed by atoms with Crippen molar-refractivity contribution in [3.8, 4) is 28.7 Å². The van der Waals surface area contributed by atoms with Crippen LogP contribution in [0.4, 0.5) is 17.6 Å². The number of nitrogens with one attached hydrogen (secondary N) is 2. The number of benzene rings is 2. The fraction of sp³-hybridized carbons (Fsp3) is 0.226. The fourth-order valence-electron chi connectivity index (χ4n) is 4.20. The van der Waals surface area contributed by atoms with E-state index in [9.17, 15) is 17.6 Å². The third-order valence-corrected chi connectivity index (χ3v) is 8.08. The van der Waals surface area contributed by atoms with Gasteiger partial charge in [-0.3, -0.25) is 9.97 Å². The van der Waals surface area contributed by atoms with Crippen molar-refractivity contribution in [3.63, 3.8) is 0 Å². The maximum atomic E-state index is 12.4. The molecule has 6 aromatic rings. The van der Waals surface area contributed by atoms with E-state index in [0.717, 1.165) is 0 Å². The lowest BCUT2D eigenvalue weighted by molar-refractivity contribution is -0.0504. The monoisotopic (exact) mass is 743 g/mol. The Balaban J connectivity index is 0.000000213. The summed E-state index contributed by atoms with van der Waals surface area (Å²) in [7, 11) is 0.00462. The van der Waals surface area contributed by atoms with E-state index < -0.39 is 26.0 Å². The molecular weight excluding hydrogens is 712 g/mol. The van der Waals surface area contributed by atoms with Gasteiger partial charge in [0.2, 0.25) is 0 Å². The summed E-state index contributed by atoms with van der Waals surface area (Å²) in [5.41, 5.74) is 0.318. The average molecular weight is 744 g/mol. The molecule has 6 rings (SSSR count). The standard InChI is InChI=1S/C16H15F2N3O3S.C15H12ClF2N3O2S/c1-22-13-5-6-19-12(14(13)23-2)8-25-16-20-10-4-3-9(24-15(17)18)7-11(10)21-16;1-22-13-9(16)4-5-19-12(13)7-24-15-20-10-3-2-8(23-14(17)18)6-11(10)21-15/h3-7,15H,8H2,1-2H3,(H,20,21);2-6,14H,7H2,1H3,(H,20,21)/i1D3,8D2;. The molecule has 0 unspecified atom stereocenters. The molecule has 2 N–H and O–H groups in total. The quantitative estimate of drug-likeness (QED) is 0.0874. The SMILES string of the molecule is COc1c(Cl)ccnc1CSc1nc2ccc(OC(F)F)cc2[nH]1.[2H]C([2H])([2H])Oc1ccnc(C([2H])([2H])Sc2nc3ccc(OC(F)F)cc3[nH]2)c1OC. The molecule has 4 heterocycles. The minimum Gasteiger partial charge on any atom is -0.493 e. The van der Waals surface area contributed by atoms with Crippen LogP contribution in [0.5, 0.6) is 28.7 Å². The molecule has 2 aromatic carbocycles. The Bertz CT molecular complexity index is 2220. The van der Waals surface area contributed by atoms with E-state index in [1.807, 2.05) is 0 Å². The van der Waals surface area contributed by atoms with Crippen molar-refractivity contribution in [2.24, 2.45) is 0 Å². The maximum absolute atomic E-state index is 12.4. The van der Waals surface area contributed by atoms with Crippen molar-refractivity contribution in [3.05, 3.63) is 77.3 Å². The number of hydrogen-bond donors (Lipinski definition) is 2. The zero-order valence-electron chi connectivity index (χ0n) is 30.2. The van der Waals surface area contributed by atoms with Crippen LogP contribution in [-0.4, -0.2) is 64.4 Å². The lowest BCUT2D eigenvalue weighted by Gasteiger charge is -2.10. The highest BCUT2D eigenvalue weighted by molar-refractivity contribution is 7.98. The number of alkyl halides is 4. The van der Waals surface area contributed by atoms with Crippen LogP contribution in [0.1, 0.15) is 18.2 Å². The molecule has 0 spiro atoms. The summed E-state index contributed by atoms with van der Waals surface area (Å²) < 4.78 is 112. The molecule has 0 atom stereocenters. The third-order valence-electron chi connectivity index (χ3n) is 6.22. The normalized spacial score (nSPS) is 13.2. The second-order valence-electron chi connectivity index (χ2n) is 9.26. The highest BCUT2D eigenvalue weighted by atomic mass is 35.5. The first-order valence-corrected chi connectivity index (χ1v) is 15.8. The second-order valence-corrected chi connectivity index (χ2v) is 11.4. The molecule has 0 aliphatic carbocycles. The molecular formula is C31H27ClF4N6O5S2. The van der Waals surface area contributed by atoms with Crippen molar-refractivity contribution >= 4 is 57.2 Å². The molecule has 49 heavy (non-hydrogen) atoms. The van der Waals surface area contributed by atoms with Crippen LogP contribution in [0, 0.1) is 0 Å². The first-order chi connectivity index (χ1) is 25.5. The van der Waals surface area contributed by atoms with E-state index in [0.29, 0.717) is 61.2 Å². The number of ether oxygens (including phenoxy) is 5. The molecule has 0 amide bonds. The smallest absolute Gasteiger partial charge is 0.387 e. The van der Waals surface area contributed by atoms with E-state index in [1.165, 1.54) is 68.6 Å². The van der Waals surface area contributed by atoms with Gasteiger partial charge in [-0.05, 0) is 30.3 Å². The molecule has 0 bridgehead atoms. The van der Waals surface area contributed by atoms with Crippen LogP contribution in [0.25, 0.3) is 22.1 Å². The largest absolute Gasteiger partial charge is 0.493 e. The fourth-order valence-corrected chi connectivity index (χ4v) is 5.91. The molecule has 0 aliphatic rings. The van der Waals surface area contributed by atoms with E-state index in [2.05, 4.69) is 39.4 Å². The Morgan fingerprint density at radius 2 is 1.35 bits per heavy atom. The van der Waals surface area contributed by atoms with E-state index in [1.54, 1.807) is 18.3 Å². The number of aromatic amines is 2. The lowest BCUT2D eigenvalue weighted by atomic mass is 10.3. The second kappa shape index (κ2) is 16.7. The van der Waals surface area contributed by atoms with Crippen LogP contribution in [0.3, 0.4) is 0 Å². The van der Waals surface area contributed by atoms with Gasteiger partial charge < -0.3 is 33.7 Å². The van der Waals surface area contributed by atoms with Crippen LogP contribution in [0.2, 0.25) is 5.02 Å². The minimum absolute atomic E-state index is 0.0708. The Morgan fingerprint density at radius 3 is 1.92 bits per heavy atom. The summed E-state index contributed by atoms with van der Waals surface area (Å²) in [6.07, 6.45) is 2.80. The van der Waals surface area contributed by atoms with E-state index >= 15 is 0 Å². The molecule has 4 aromatic heterocycles. The van der Waals surface area contributed by atoms with Gasteiger partial charge in [-0.15, -0.1) is 0 Å². The van der Waals surface area contributed by atoms with E-state index in [4.69, 9.17) is 32.7 Å². The number of aromatic nitrogens is 6. The molecule has 11 nitrogen and oxygen atoms in total. The van der Waals surface area contributed by atoms with Crippen molar-refractivity contribution in [2.45, 2.75) is 35.0 Å². The first kappa shape index (κ1) is 29.3. The zero-order valence-corrected chi connectivity index (χ0v) is 27.6. The number of rotatable bonds is 13. The summed E-state index contributed by atoms with van der Waals surface area (Å²) in [5.74, 6) is 0.661. The van der Waals surface area contributed by atoms with Gasteiger partial charge in [0.05, 0.1) is 63.8 Å². The number of halogens is 5. The summed E-state index contributed by atoms with van der Waals surface area (Å²) in [4.78, 5) is 22.7. The zero-order chi connectivity index (χ0) is 39.2. The molecule has 18 heteroatoms. The number of fused-ring (bicyclic) bond motifs is 2. The summed E-state index contributed by atoms with van der Waals surface area (Å²) in [6.45, 7) is -5.84. The van der Waals surface area contributed by atoms with Crippen LogP contribution in [-0.2, 0) is 11.5 Å². The number of methoxy groups -OCH3 is 3. The number of thioether (sulfide) groups is 2. The molecule has 258 valence electrons. The molecule has 0 saturated carbocycles. The van der Waals surface area contributed by atoms with Gasteiger partial charge in [0.1, 0.15) is 11.5 Å². The topological polar surface area (TPSA) is 129 Å². The highest BCUT2D eigenvalue weighted by Gasteiger charge is 2.15. The number of imidazole rings is 2. The lowest BCUT2D eigenvalue weighted by Crippen LogP contribution is -2.01. The maximum Gasteiger partial charge on any atom is 0.387 e. The average Bonchev–Trinajstić information content (AvgIpc) is 3.68. The van der Waals surface area contributed by atoms with Crippen LogP contribution >= 0.6 is 35.1 Å². The summed E-state index contributed by atoms with van der Waals surface area (Å²) in [6, 6.07) is 11.5. The number of hydrogen-bond acceptors (Lipinski definition) is 11. The third kappa shape index (κ3) is 9.30. The highest BCUT2D eigenvalue weighted by Crippen LogP contribution is 2.34. The summed E-state index contributed by atoms with van der Waals surface area (Å²) >= 11 is 8.10. The van der Waals surface area contributed by atoms with Crippen molar-refractivity contribution in [1.29, 1.82) is 0 Å². The Morgan fingerprint density at radius 1 is 0.776 bits per heavy atom. The van der Waals surface area contributed by atoms with Gasteiger partial charge in [0.25, 0.3) is 0 Å². The Labute approximate surface area is 297 Å². The molecule has 0 radical (unpaired) electrons. The Hall–Kier alpha value is -4.61. The first-order valence-electron chi connectivity index (χ1n) is 16.2.